The maximum Gasteiger partial charge on any atom is 0.119 e. The molecular formula is C20H26NO2. The summed E-state index contributed by atoms with van der Waals surface area (Å²) in [4.78, 5) is 0. The van der Waals surface area contributed by atoms with E-state index in [0.29, 0.717) is 6.54 Å². The third kappa shape index (κ3) is 5.95. The minimum atomic E-state index is -0.200. The molecule has 1 radical (unpaired) electrons. The summed E-state index contributed by atoms with van der Waals surface area (Å²) in [5.41, 5.74) is 2.89. The van der Waals surface area contributed by atoms with Crippen LogP contribution in [-0.2, 0) is 18.3 Å². The van der Waals surface area contributed by atoms with Gasteiger partial charge in [0, 0.05) is 17.8 Å². The first-order chi connectivity index (χ1) is 11.3. The summed E-state index contributed by atoms with van der Waals surface area (Å²) in [6.07, 6.45) is 4.87. The van der Waals surface area contributed by atoms with Gasteiger partial charge in [0.1, 0.15) is 12.4 Å². The molecule has 0 fully saturated rings. The number of hydrogen-bond donors (Lipinski definition) is 1. The quantitative estimate of drug-likeness (QED) is 0.613. The number of unbranched alkanes of at least 4 members (excludes halogenated alkanes) is 3. The Bertz CT molecular complexity index is 566. The van der Waals surface area contributed by atoms with Crippen molar-refractivity contribution in [1.29, 1.82) is 0 Å². The molecule has 0 saturated heterocycles. The molecule has 23 heavy (non-hydrogen) atoms. The van der Waals surface area contributed by atoms with Gasteiger partial charge in [-0.3, -0.25) is 0 Å². The van der Waals surface area contributed by atoms with Gasteiger partial charge < -0.3 is 10.1 Å². The molecule has 0 atom stereocenters. The van der Waals surface area contributed by atoms with Crippen LogP contribution in [0.1, 0.15) is 43.7 Å². The highest BCUT2D eigenvalue weighted by Crippen LogP contribution is 2.18. The first-order valence-corrected chi connectivity index (χ1v) is 8.45. The normalized spacial score (nSPS) is 10.5. The maximum absolute atomic E-state index is 11.1. The Kier molecular flexibility index (Phi) is 7.47. The average molecular weight is 312 g/mol. The Morgan fingerprint density at radius 2 is 1.74 bits per heavy atom. The van der Waals surface area contributed by atoms with Crippen molar-refractivity contribution in [2.75, 3.05) is 11.9 Å². The number of para-hydroxylation sites is 1. The van der Waals surface area contributed by atoms with Crippen LogP contribution < -0.4 is 10.1 Å². The second kappa shape index (κ2) is 9.90. The van der Waals surface area contributed by atoms with Crippen molar-refractivity contribution < 1.29 is 9.84 Å². The number of rotatable bonds is 10. The van der Waals surface area contributed by atoms with Gasteiger partial charge in [-0.15, -0.1) is 0 Å². The fourth-order valence-electron chi connectivity index (χ4n) is 2.44. The largest absolute Gasteiger partial charge is 0.494 e. The molecule has 2 aromatic rings. The van der Waals surface area contributed by atoms with Crippen molar-refractivity contribution in [1.82, 2.24) is 0 Å². The van der Waals surface area contributed by atoms with E-state index in [1.807, 2.05) is 36.4 Å². The van der Waals surface area contributed by atoms with Crippen molar-refractivity contribution in [2.45, 2.75) is 45.8 Å². The van der Waals surface area contributed by atoms with E-state index in [2.05, 4.69) is 24.4 Å². The van der Waals surface area contributed by atoms with Crippen LogP contribution in [0.15, 0.2) is 48.5 Å². The van der Waals surface area contributed by atoms with Crippen molar-refractivity contribution in [3.05, 3.63) is 59.7 Å². The maximum atomic E-state index is 11.1. The topological polar surface area (TPSA) is 41.2 Å². The number of ether oxygens (including phenoxy) is 1. The summed E-state index contributed by atoms with van der Waals surface area (Å²) in [5, 5.41) is 14.4. The van der Waals surface area contributed by atoms with E-state index in [9.17, 15) is 5.11 Å². The standard InChI is InChI=1S/C20H26NO2/c1-2-3-4-7-14-23-19-12-10-17(11-13-19)15-21-20-9-6-5-8-18(20)16-22/h5-6,8-13,21H,2-4,7,14-16H2,1H3. The van der Waals surface area contributed by atoms with Gasteiger partial charge in [0.05, 0.1) is 6.61 Å². The zero-order valence-corrected chi connectivity index (χ0v) is 13.9. The van der Waals surface area contributed by atoms with Crippen LogP contribution in [0.3, 0.4) is 0 Å². The SMILES string of the molecule is CCCCCCOc1ccc(CNc2ccccc2C[O])cc1. The van der Waals surface area contributed by atoms with Crippen molar-refractivity contribution in [2.24, 2.45) is 0 Å². The first kappa shape index (κ1) is 17.4. The molecular weight excluding hydrogens is 286 g/mol. The first-order valence-electron chi connectivity index (χ1n) is 8.45. The van der Waals surface area contributed by atoms with Gasteiger partial charge in [0.25, 0.3) is 0 Å². The predicted molar refractivity (Wildman–Crippen MR) is 94.2 cm³/mol. The molecule has 2 rings (SSSR count). The van der Waals surface area contributed by atoms with E-state index in [-0.39, 0.29) is 6.61 Å². The summed E-state index contributed by atoms with van der Waals surface area (Å²) in [7, 11) is 0. The Hall–Kier alpha value is -2.00. The minimum Gasteiger partial charge on any atom is -0.494 e. The van der Waals surface area contributed by atoms with Gasteiger partial charge >= 0.3 is 0 Å². The van der Waals surface area contributed by atoms with Crippen LogP contribution >= 0.6 is 0 Å². The highest BCUT2D eigenvalue weighted by molar-refractivity contribution is 5.51. The van der Waals surface area contributed by atoms with E-state index >= 15 is 0 Å². The van der Waals surface area contributed by atoms with E-state index < -0.39 is 0 Å². The molecule has 3 heteroatoms. The van der Waals surface area contributed by atoms with E-state index in [4.69, 9.17) is 4.74 Å². The molecule has 0 saturated carbocycles. The molecule has 0 unspecified atom stereocenters. The van der Waals surface area contributed by atoms with Crippen LogP contribution in [0, 0.1) is 0 Å². The lowest BCUT2D eigenvalue weighted by Crippen LogP contribution is -2.02. The van der Waals surface area contributed by atoms with Gasteiger partial charge in [-0.05, 0) is 30.2 Å². The second-order valence-electron chi connectivity index (χ2n) is 5.71. The number of hydrogen-bond acceptors (Lipinski definition) is 2. The molecule has 0 amide bonds. The third-order valence-electron chi connectivity index (χ3n) is 3.85. The molecule has 1 N–H and O–H groups in total. The van der Waals surface area contributed by atoms with Gasteiger partial charge in [-0.2, -0.15) is 0 Å². The van der Waals surface area contributed by atoms with Gasteiger partial charge in [-0.1, -0.05) is 56.5 Å². The van der Waals surface area contributed by atoms with Crippen LogP contribution in [0.25, 0.3) is 0 Å². The summed E-state index contributed by atoms with van der Waals surface area (Å²) >= 11 is 0. The zero-order valence-electron chi connectivity index (χ0n) is 13.9. The molecule has 3 nitrogen and oxygen atoms in total. The predicted octanol–water partition coefficient (Wildman–Crippen LogP) is 5.19. The molecule has 0 heterocycles. The molecule has 0 spiro atoms. The van der Waals surface area contributed by atoms with Gasteiger partial charge in [0.15, 0.2) is 0 Å². The average Bonchev–Trinajstić information content (AvgIpc) is 2.61. The van der Waals surface area contributed by atoms with E-state index in [0.717, 1.165) is 30.0 Å². The number of anilines is 1. The summed E-state index contributed by atoms with van der Waals surface area (Å²) in [6, 6.07) is 15.8. The molecule has 2 aromatic carbocycles. The Labute approximate surface area is 139 Å². The Balaban J connectivity index is 1.78. The molecule has 0 bridgehead atoms. The van der Waals surface area contributed by atoms with E-state index in [1.165, 1.54) is 24.8 Å². The molecule has 0 aliphatic heterocycles. The lowest BCUT2D eigenvalue weighted by atomic mass is 10.1. The fourth-order valence-corrected chi connectivity index (χ4v) is 2.44. The molecule has 0 aromatic heterocycles. The zero-order chi connectivity index (χ0) is 16.3. The highest BCUT2D eigenvalue weighted by Gasteiger charge is 2.01. The minimum absolute atomic E-state index is 0.200. The summed E-state index contributed by atoms with van der Waals surface area (Å²) in [5.74, 6) is 0.921. The highest BCUT2D eigenvalue weighted by atomic mass is 16.5. The molecule has 123 valence electrons. The lowest BCUT2D eigenvalue weighted by molar-refractivity contribution is 0.178. The van der Waals surface area contributed by atoms with Gasteiger partial charge in [-0.25, -0.2) is 5.11 Å². The van der Waals surface area contributed by atoms with Gasteiger partial charge in [0.2, 0.25) is 0 Å². The number of nitrogens with one attached hydrogen (secondary N) is 1. The Morgan fingerprint density at radius 1 is 0.957 bits per heavy atom. The number of benzene rings is 2. The van der Waals surface area contributed by atoms with Crippen LogP contribution in [0.5, 0.6) is 5.75 Å². The van der Waals surface area contributed by atoms with Crippen molar-refractivity contribution in [3.8, 4) is 5.75 Å². The second-order valence-corrected chi connectivity index (χ2v) is 5.71. The van der Waals surface area contributed by atoms with Crippen molar-refractivity contribution in [3.63, 3.8) is 0 Å². The monoisotopic (exact) mass is 312 g/mol. The summed E-state index contributed by atoms with van der Waals surface area (Å²) in [6.45, 7) is 3.50. The smallest absolute Gasteiger partial charge is 0.119 e. The lowest BCUT2D eigenvalue weighted by Gasteiger charge is -2.11. The van der Waals surface area contributed by atoms with Crippen molar-refractivity contribution >= 4 is 5.69 Å². The third-order valence-corrected chi connectivity index (χ3v) is 3.85. The molecule has 0 aliphatic carbocycles. The fraction of sp³-hybridized carbons (Fsp3) is 0.400. The van der Waals surface area contributed by atoms with Crippen LogP contribution in [0.4, 0.5) is 5.69 Å². The summed E-state index contributed by atoms with van der Waals surface area (Å²) < 4.78 is 5.75. The Morgan fingerprint density at radius 3 is 2.48 bits per heavy atom. The molecule has 0 aliphatic rings. The van der Waals surface area contributed by atoms with Crippen LogP contribution in [0.2, 0.25) is 0 Å². The van der Waals surface area contributed by atoms with E-state index in [1.54, 1.807) is 0 Å². The van der Waals surface area contributed by atoms with Crippen LogP contribution in [-0.4, -0.2) is 6.61 Å².